The fourth-order valence-corrected chi connectivity index (χ4v) is 3.80. The summed E-state index contributed by atoms with van der Waals surface area (Å²) in [4.78, 5) is 15.0. The maximum atomic E-state index is 6.13. The molecule has 2 aliphatic heterocycles. The summed E-state index contributed by atoms with van der Waals surface area (Å²) in [6.07, 6.45) is 2.68. The van der Waals surface area contributed by atoms with Crippen LogP contribution in [0.5, 0.6) is 5.88 Å². The van der Waals surface area contributed by atoms with Gasteiger partial charge in [0.15, 0.2) is 0 Å². The number of anilines is 2. The van der Waals surface area contributed by atoms with E-state index in [-0.39, 0.29) is 11.5 Å². The number of piperidine rings is 1. The van der Waals surface area contributed by atoms with Crippen molar-refractivity contribution < 1.29 is 4.74 Å². The summed E-state index contributed by atoms with van der Waals surface area (Å²) >= 11 is 1.64. The van der Waals surface area contributed by atoms with Crippen LogP contribution in [-0.4, -0.2) is 38.5 Å². The number of hydrogen-bond donors (Lipinski definition) is 2. The number of nitrogen functional groups attached to an aromatic ring is 2. The van der Waals surface area contributed by atoms with Crippen molar-refractivity contribution in [1.29, 1.82) is 0 Å². The van der Waals surface area contributed by atoms with Crippen LogP contribution in [0, 0.1) is 0 Å². The van der Waals surface area contributed by atoms with Crippen molar-refractivity contribution in [2.45, 2.75) is 31.4 Å². The van der Waals surface area contributed by atoms with Crippen molar-refractivity contribution in [3.63, 3.8) is 0 Å². The third-order valence-corrected chi connectivity index (χ3v) is 5.10. The second kappa shape index (κ2) is 5.06. The normalized spacial score (nSPS) is 20.0. The highest BCUT2D eigenvalue weighted by molar-refractivity contribution is 7.07. The molecule has 1 fully saturated rings. The Labute approximate surface area is 132 Å². The van der Waals surface area contributed by atoms with Crippen molar-refractivity contribution in [3.8, 4) is 5.88 Å². The van der Waals surface area contributed by atoms with E-state index in [1.807, 2.05) is 5.51 Å². The van der Waals surface area contributed by atoms with Crippen LogP contribution in [-0.2, 0) is 13.0 Å². The predicted octanol–water partition coefficient (Wildman–Crippen LogP) is 1.07. The van der Waals surface area contributed by atoms with Crippen LogP contribution in [0.2, 0.25) is 0 Å². The van der Waals surface area contributed by atoms with Crippen LogP contribution in [0.4, 0.5) is 11.8 Å². The highest BCUT2D eigenvalue weighted by Gasteiger charge is 2.44. The van der Waals surface area contributed by atoms with Crippen LogP contribution in [0.3, 0.4) is 0 Å². The van der Waals surface area contributed by atoms with Gasteiger partial charge < -0.3 is 16.2 Å². The second-order valence-electron chi connectivity index (χ2n) is 5.97. The first-order valence-corrected chi connectivity index (χ1v) is 8.28. The number of hydrogen-bond acceptors (Lipinski definition) is 8. The molecule has 0 saturated carbocycles. The molecule has 1 saturated heterocycles. The van der Waals surface area contributed by atoms with E-state index in [0.29, 0.717) is 11.7 Å². The van der Waals surface area contributed by atoms with Crippen molar-refractivity contribution >= 4 is 23.1 Å². The standard InChI is InChI=1S/C14H18N6OS/c15-11-10-5-14(21-12(10)19-13(16)18-11)1-3-20(4-2-14)6-9-7-22-8-17-9/h7-8H,1-6H2,(H4,15,16,18,19). The molecule has 22 heavy (non-hydrogen) atoms. The van der Waals surface area contributed by atoms with Crippen LogP contribution in [0.1, 0.15) is 24.1 Å². The third-order valence-electron chi connectivity index (χ3n) is 4.47. The van der Waals surface area contributed by atoms with E-state index in [1.54, 1.807) is 11.3 Å². The van der Waals surface area contributed by atoms with Crippen LogP contribution in [0.15, 0.2) is 10.9 Å². The highest BCUT2D eigenvalue weighted by atomic mass is 32.1. The molecule has 4 heterocycles. The first kappa shape index (κ1) is 13.7. The van der Waals surface area contributed by atoms with E-state index < -0.39 is 0 Å². The summed E-state index contributed by atoms with van der Waals surface area (Å²) in [6.45, 7) is 2.87. The molecule has 1 spiro atoms. The molecule has 0 aliphatic carbocycles. The van der Waals surface area contributed by atoms with Crippen molar-refractivity contribution in [2.24, 2.45) is 0 Å². The van der Waals surface area contributed by atoms with Gasteiger partial charge in [0.2, 0.25) is 11.8 Å². The summed E-state index contributed by atoms with van der Waals surface area (Å²) < 4.78 is 6.13. The second-order valence-corrected chi connectivity index (χ2v) is 6.69. The number of thiazole rings is 1. The molecule has 0 atom stereocenters. The minimum absolute atomic E-state index is 0.175. The van der Waals surface area contributed by atoms with E-state index in [1.165, 1.54) is 0 Å². The van der Waals surface area contributed by atoms with Gasteiger partial charge in [0.05, 0.1) is 16.8 Å². The van der Waals surface area contributed by atoms with E-state index >= 15 is 0 Å². The Morgan fingerprint density at radius 2 is 2.09 bits per heavy atom. The number of fused-ring (bicyclic) bond motifs is 1. The first-order chi connectivity index (χ1) is 10.6. The minimum Gasteiger partial charge on any atom is -0.470 e. The van der Waals surface area contributed by atoms with E-state index in [2.05, 4.69) is 25.2 Å². The van der Waals surface area contributed by atoms with Gasteiger partial charge in [-0.1, -0.05) is 0 Å². The van der Waals surface area contributed by atoms with Crippen molar-refractivity contribution in [1.82, 2.24) is 19.9 Å². The number of aromatic nitrogens is 3. The zero-order valence-electron chi connectivity index (χ0n) is 12.2. The molecule has 4 N–H and O–H groups in total. The van der Waals surface area contributed by atoms with Gasteiger partial charge in [-0.25, -0.2) is 4.98 Å². The molecular formula is C14H18N6OS. The summed E-state index contributed by atoms with van der Waals surface area (Å²) in [5.41, 5.74) is 15.3. The molecular weight excluding hydrogens is 300 g/mol. The minimum atomic E-state index is -0.197. The van der Waals surface area contributed by atoms with Crippen LogP contribution >= 0.6 is 11.3 Å². The van der Waals surface area contributed by atoms with Gasteiger partial charge >= 0.3 is 0 Å². The number of nitrogens with two attached hydrogens (primary N) is 2. The van der Waals surface area contributed by atoms with Gasteiger partial charge in [0.1, 0.15) is 11.4 Å². The molecule has 0 radical (unpaired) electrons. The number of ether oxygens (including phenoxy) is 1. The number of nitrogens with zero attached hydrogens (tertiary/aromatic N) is 4. The summed E-state index contributed by atoms with van der Waals surface area (Å²) in [7, 11) is 0. The van der Waals surface area contributed by atoms with E-state index in [0.717, 1.165) is 50.2 Å². The quantitative estimate of drug-likeness (QED) is 0.853. The van der Waals surface area contributed by atoms with Gasteiger partial charge in [-0.15, -0.1) is 11.3 Å². The predicted molar refractivity (Wildman–Crippen MR) is 84.5 cm³/mol. The molecule has 0 aromatic carbocycles. The molecule has 2 aromatic rings. The van der Waals surface area contributed by atoms with Crippen molar-refractivity contribution in [2.75, 3.05) is 24.6 Å². The van der Waals surface area contributed by atoms with Crippen LogP contribution < -0.4 is 16.2 Å². The smallest absolute Gasteiger partial charge is 0.225 e. The van der Waals surface area contributed by atoms with Gasteiger partial charge in [-0.3, -0.25) is 4.90 Å². The molecule has 4 rings (SSSR count). The molecule has 8 heteroatoms. The summed E-state index contributed by atoms with van der Waals surface area (Å²) in [5.74, 6) is 1.19. The summed E-state index contributed by atoms with van der Waals surface area (Å²) in [6, 6.07) is 0. The Morgan fingerprint density at radius 1 is 1.27 bits per heavy atom. The fraction of sp³-hybridized carbons (Fsp3) is 0.500. The lowest BCUT2D eigenvalue weighted by Gasteiger charge is -2.38. The average molecular weight is 318 g/mol. The Hall–Kier alpha value is -1.93. The Bertz CT molecular complexity index is 681. The SMILES string of the molecule is Nc1nc(N)c2c(n1)OC1(CCN(Cc3cscn3)CC1)C2. The lowest BCUT2D eigenvalue weighted by molar-refractivity contribution is 0.0142. The monoisotopic (exact) mass is 318 g/mol. The molecule has 0 amide bonds. The molecule has 2 aromatic heterocycles. The Morgan fingerprint density at radius 3 is 2.82 bits per heavy atom. The largest absolute Gasteiger partial charge is 0.470 e. The fourth-order valence-electron chi connectivity index (χ4n) is 3.25. The lowest BCUT2D eigenvalue weighted by Crippen LogP contribution is -2.47. The zero-order chi connectivity index (χ0) is 15.2. The van der Waals surface area contributed by atoms with Gasteiger partial charge in [0, 0.05) is 44.3 Å². The van der Waals surface area contributed by atoms with E-state index in [9.17, 15) is 0 Å². The molecule has 2 aliphatic rings. The zero-order valence-corrected chi connectivity index (χ0v) is 13.0. The number of likely N-dealkylation sites (tertiary alicyclic amines) is 1. The molecule has 0 bridgehead atoms. The van der Waals surface area contributed by atoms with Gasteiger partial charge in [-0.2, -0.15) is 9.97 Å². The average Bonchev–Trinajstić information content (AvgIpc) is 3.10. The molecule has 7 nitrogen and oxygen atoms in total. The third kappa shape index (κ3) is 2.38. The highest BCUT2D eigenvalue weighted by Crippen LogP contribution is 2.42. The van der Waals surface area contributed by atoms with E-state index in [4.69, 9.17) is 16.2 Å². The van der Waals surface area contributed by atoms with Gasteiger partial charge in [0.25, 0.3) is 0 Å². The van der Waals surface area contributed by atoms with Crippen molar-refractivity contribution in [3.05, 3.63) is 22.1 Å². The Balaban J connectivity index is 1.45. The van der Waals surface area contributed by atoms with Gasteiger partial charge in [-0.05, 0) is 0 Å². The lowest BCUT2D eigenvalue weighted by atomic mass is 9.87. The van der Waals surface area contributed by atoms with Crippen LogP contribution in [0.25, 0.3) is 0 Å². The molecule has 116 valence electrons. The first-order valence-electron chi connectivity index (χ1n) is 7.34. The molecule has 0 unspecified atom stereocenters. The summed E-state index contributed by atoms with van der Waals surface area (Å²) in [5, 5.41) is 2.10. The number of rotatable bonds is 2. The maximum absolute atomic E-state index is 6.13. The Kier molecular flexibility index (Phi) is 3.16. The maximum Gasteiger partial charge on any atom is 0.225 e. The topological polar surface area (TPSA) is 103 Å².